The van der Waals surface area contributed by atoms with Crippen molar-refractivity contribution < 1.29 is 9.18 Å². The molecule has 1 aliphatic carbocycles. The molecule has 108 valence electrons. The summed E-state index contributed by atoms with van der Waals surface area (Å²) in [5, 5.41) is 2.96. The lowest BCUT2D eigenvalue weighted by atomic mass is 10.0. The molecule has 1 atom stereocenters. The third-order valence-corrected chi connectivity index (χ3v) is 4.27. The molecule has 0 aromatic heterocycles. The first-order valence-electron chi connectivity index (χ1n) is 7.53. The Morgan fingerprint density at radius 2 is 2.15 bits per heavy atom. The monoisotopic (exact) mass is 276 g/mol. The zero-order valence-corrected chi connectivity index (χ0v) is 11.6. The zero-order valence-electron chi connectivity index (χ0n) is 11.6. The molecule has 0 radical (unpaired) electrons. The molecule has 1 aliphatic heterocycles. The molecule has 0 spiro atoms. The SMILES string of the molecule is O=C(NC[C@@H]1CCCCN1C1CC1)c1cccc(F)c1. The first-order valence-corrected chi connectivity index (χ1v) is 7.53. The van der Waals surface area contributed by atoms with Crippen LogP contribution in [0.4, 0.5) is 4.39 Å². The highest BCUT2D eigenvalue weighted by molar-refractivity contribution is 5.94. The first kappa shape index (κ1) is 13.6. The van der Waals surface area contributed by atoms with Crippen LogP contribution in [0.1, 0.15) is 42.5 Å². The van der Waals surface area contributed by atoms with E-state index in [1.165, 1.54) is 37.8 Å². The van der Waals surface area contributed by atoms with Crippen molar-refractivity contribution in [3.05, 3.63) is 35.6 Å². The van der Waals surface area contributed by atoms with Gasteiger partial charge < -0.3 is 5.32 Å². The molecule has 4 heteroatoms. The number of halogens is 1. The number of likely N-dealkylation sites (tertiary alicyclic amines) is 1. The van der Waals surface area contributed by atoms with E-state index in [4.69, 9.17) is 0 Å². The number of hydrogen-bond acceptors (Lipinski definition) is 2. The third kappa shape index (κ3) is 3.18. The summed E-state index contributed by atoms with van der Waals surface area (Å²) in [5.41, 5.74) is 0.402. The second-order valence-corrected chi connectivity index (χ2v) is 5.84. The first-order chi connectivity index (χ1) is 9.74. The lowest BCUT2D eigenvalue weighted by molar-refractivity contribution is 0.0906. The molecule has 3 rings (SSSR count). The number of nitrogens with zero attached hydrogens (tertiary/aromatic N) is 1. The number of rotatable bonds is 4. The van der Waals surface area contributed by atoms with E-state index in [0.29, 0.717) is 18.2 Å². The fourth-order valence-electron chi connectivity index (χ4n) is 3.07. The molecule has 1 saturated carbocycles. The van der Waals surface area contributed by atoms with E-state index in [-0.39, 0.29) is 11.7 Å². The average Bonchev–Trinajstić information content (AvgIpc) is 3.29. The van der Waals surface area contributed by atoms with Crippen molar-refractivity contribution in [1.82, 2.24) is 10.2 Å². The molecule has 1 aromatic carbocycles. The molecule has 0 bridgehead atoms. The van der Waals surface area contributed by atoms with Gasteiger partial charge in [-0.2, -0.15) is 0 Å². The standard InChI is InChI=1S/C16H21FN2O/c17-13-5-3-4-12(10-13)16(20)18-11-15-6-1-2-9-19(15)14-7-8-14/h3-5,10,14-15H,1-2,6-9,11H2,(H,18,20)/t15-/m0/s1. The predicted molar refractivity (Wildman–Crippen MR) is 76.1 cm³/mol. The van der Waals surface area contributed by atoms with Crippen LogP contribution < -0.4 is 5.32 Å². The smallest absolute Gasteiger partial charge is 0.251 e. The second kappa shape index (κ2) is 5.92. The van der Waals surface area contributed by atoms with Crippen molar-refractivity contribution in [2.45, 2.75) is 44.2 Å². The van der Waals surface area contributed by atoms with Crippen molar-refractivity contribution in [2.75, 3.05) is 13.1 Å². The molecular weight excluding hydrogens is 255 g/mol. The fraction of sp³-hybridized carbons (Fsp3) is 0.562. The summed E-state index contributed by atoms with van der Waals surface area (Å²) in [4.78, 5) is 14.6. The van der Waals surface area contributed by atoms with Crippen LogP contribution in [0.5, 0.6) is 0 Å². The van der Waals surface area contributed by atoms with Crippen molar-refractivity contribution >= 4 is 5.91 Å². The van der Waals surface area contributed by atoms with E-state index in [9.17, 15) is 9.18 Å². The number of benzene rings is 1. The Hall–Kier alpha value is -1.42. The van der Waals surface area contributed by atoms with Crippen LogP contribution in [0.15, 0.2) is 24.3 Å². The summed E-state index contributed by atoms with van der Waals surface area (Å²) in [6.07, 6.45) is 6.26. The lowest BCUT2D eigenvalue weighted by Crippen LogP contribution is -2.47. The molecular formula is C16H21FN2O. The minimum absolute atomic E-state index is 0.175. The summed E-state index contributed by atoms with van der Waals surface area (Å²) in [6, 6.07) is 7.06. The average molecular weight is 276 g/mol. The van der Waals surface area contributed by atoms with E-state index < -0.39 is 0 Å². The van der Waals surface area contributed by atoms with Gasteiger partial charge >= 0.3 is 0 Å². The van der Waals surface area contributed by atoms with Gasteiger partial charge in [-0.1, -0.05) is 12.5 Å². The van der Waals surface area contributed by atoms with E-state index in [2.05, 4.69) is 10.2 Å². The largest absolute Gasteiger partial charge is 0.350 e. The molecule has 1 aromatic rings. The van der Waals surface area contributed by atoms with E-state index >= 15 is 0 Å². The van der Waals surface area contributed by atoms with E-state index in [1.807, 2.05) is 0 Å². The molecule has 20 heavy (non-hydrogen) atoms. The Labute approximate surface area is 119 Å². The minimum atomic E-state index is -0.366. The summed E-state index contributed by atoms with van der Waals surface area (Å²) < 4.78 is 13.1. The molecule has 1 saturated heterocycles. The Balaban J connectivity index is 1.56. The van der Waals surface area contributed by atoms with Crippen molar-refractivity contribution in [1.29, 1.82) is 0 Å². The van der Waals surface area contributed by atoms with Crippen LogP contribution in [0.3, 0.4) is 0 Å². The Bertz CT molecular complexity index is 487. The zero-order chi connectivity index (χ0) is 13.9. The van der Waals surface area contributed by atoms with Crippen LogP contribution in [0.2, 0.25) is 0 Å². The van der Waals surface area contributed by atoms with Crippen LogP contribution >= 0.6 is 0 Å². The number of nitrogens with one attached hydrogen (secondary N) is 1. The van der Waals surface area contributed by atoms with Gasteiger partial charge in [0.1, 0.15) is 5.82 Å². The quantitative estimate of drug-likeness (QED) is 0.916. The molecule has 1 heterocycles. The van der Waals surface area contributed by atoms with Gasteiger partial charge in [0.15, 0.2) is 0 Å². The summed E-state index contributed by atoms with van der Waals surface area (Å²) >= 11 is 0. The van der Waals surface area contributed by atoms with Gasteiger partial charge in [0, 0.05) is 24.2 Å². The van der Waals surface area contributed by atoms with Gasteiger partial charge in [-0.25, -0.2) is 4.39 Å². The summed E-state index contributed by atoms with van der Waals surface area (Å²) in [5.74, 6) is -0.541. The number of carbonyl (C=O) groups is 1. The highest BCUT2D eigenvalue weighted by atomic mass is 19.1. The van der Waals surface area contributed by atoms with Crippen molar-refractivity contribution in [3.63, 3.8) is 0 Å². The third-order valence-electron chi connectivity index (χ3n) is 4.27. The van der Waals surface area contributed by atoms with Crippen LogP contribution in [0, 0.1) is 5.82 Å². The number of hydrogen-bond donors (Lipinski definition) is 1. The van der Waals surface area contributed by atoms with E-state index in [1.54, 1.807) is 12.1 Å². The maximum absolute atomic E-state index is 13.1. The molecule has 2 fully saturated rings. The number of carbonyl (C=O) groups excluding carboxylic acids is 1. The van der Waals surface area contributed by atoms with Gasteiger partial charge in [-0.15, -0.1) is 0 Å². The van der Waals surface area contributed by atoms with Gasteiger partial charge in [-0.05, 0) is 50.4 Å². The normalized spacial score (nSPS) is 23.6. The molecule has 3 nitrogen and oxygen atoms in total. The van der Waals surface area contributed by atoms with Crippen LogP contribution in [-0.2, 0) is 0 Å². The van der Waals surface area contributed by atoms with Crippen molar-refractivity contribution in [2.24, 2.45) is 0 Å². The summed E-state index contributed by atoms with van der Waals surface area (Å²) in [7, 11) is 0. The predicted octanol–water partition coefficient (Wildman–Crippen LogP) is 2.57. The Morgan fingerprint density at radius 1 is 1.30 bits per heavy atom. The lowest BCUT2D eigenvalue weighted by Gasteiger charge is -2.36. The maximum atomic E-state index is 13.1. The van der Waals surface area contributed by atoms with Gasteiger partial charge in [0.2, 0.25) is 0 Å². The van der Waals surface area contributed by atoms with E-state index in [0.717, 1.165) is 19.0 Å². The second-order valence-electron chi connectivity index (χ2n) is 5.84. The number of amides is 1. The molecule has 1 amide bonds. The number of piperidine rings is 1. The molecule has 2 aliphatic rings. The van der Waals surface area contributed by atoms with Gasteiger partial charge in [0.25, 0.3) is 5.91 Å². The van der Waals surface area contributed by atoms with Gasteiger partial charge in [-0.3, -0.25) is 9.69 Å². The fourth-order valence-corrected chi connectivity index (χ4v) is 3.07. The Kier molecular flexibility index (Phi) is 4.01. The molecule has 0 unspecified atom stereocenters. The highest BCUT2D eigenvalue weighted by Crippen LogP contribution is 2.32. The minimum Gasteiger partial charge on any atom is -0.350 e. The van der Waals surface area contributed by atoms with Crippen molar-refractivity contribution in [3.8, 4) is 0 Å². The Morgan fingerprint density at radius 3 is 2.90 bits per heavy atom. The topological polar surface area (TPSA) is 32.3 Å². The molecule has 1 N–H and O–H groups in total. The van der Waals surface area contributed by atoms with Gasteiger partial charge in [0.05, 0.1) is 0 Å². The van der Waals surface area contributed by atoms with Crippen LogP contribution in [0.25, 0.3) is 0 Å². The highest BCUT2D eigenvalue weighted by Gasteiger charge is 2.35. The maximum Gasteiger partial charge on any atom is 0.251 e. The summed E-state index contributed by atoms with van der Waals surface area (Å²) in [6.45, 7) is 1.83. The van der Waals surface area contributed by atoms with Crippen LogP contribution in [-0.4, -0.2) is 36.0 Å².